The monoisotopic (exact) mass is 201 g/mol. The fourth-order valence-electron chi connectivity index (χ4n) is 1.54. The van der Waals surface area contributed by atoms with E-state index in [0.29, 0.717) is 0 Å². The summed E-state index contributed by atoms with van der Waals surface area (Å²) in [4.78, 5) is 3.34. The van der Waals surface area contributed by atoms with Crippen LogP contribution >= 0.6 is 0 Å². The SMILES string of the molecule is C/C=C/c1cc2cc(C)ccc2[nH]1.CC. The number of rotatable bonds is 1. The molecule has 1 N–H and O–H groups in total. The summed E-state index contributed by atoms with van der Waals surface area (Å²) in [5.74, 6) is 0. The van der Waals surface area contributed by atoms with E-state index in [1.807, 2.05) is 26.8 Å². The van der Waals surface area contributed by atoms with E-state index in [9.17, 15) is 0 Å². The lowest BCUT2D eigenvalue weighted by atomic mass is 10.2. The predicted molar refractivity (Wildman–Crippen MR) is 69.1 cm³/mol. The minimum Gasteiger partial charge on any atom is -0.355 e. The first kappa shape index (κ1) is 11.6. The smallest absolute Gasteiger partial charge is 0.0458 e. The standard InChI is InChI=1S/C12H13N.C2H6/c1-3-4-11-8-10-7-9(2)5-6-12(10)13-11;1-2/h3-8,13H,1-2H3;1-2H3/b4-3+;. The Kier molecular flexibility index (Phi) is 4.17. The van der Waals surface area contributed by atoms with E-state index in [-0.39, 0.29) is 0 Å². The second kappa shape index (κ2) is 5.40. The Balaban J connectivity index is 0.000000531. The van der Waals surface area contributed by atoms with E-state index < -0.39 is 0 Å². The van der Waals surface area contributed by atoms with Crippen LogP contribution < -0.4 is 0 Å². The number of aromatic nitrogens is 1. The molecular weight excluding hydrogens is 182 g/mol. The molecule has 1 heteroatoms. The van der Waals surface area contributed by atoms with Gasteiger partial charge in [0.1, 0.15) is 0 Å². The van der Waals surface area contributed by atoms with Crippen molar-refractivity contribution in [2.45, 2.75) is 27.7 Å². The van der Waals surface area contributed by atoms with Crippen LogP contribution in [0.1, 0.15) is 32.0 Å². The fraction of sp³-hybridized carbons (Fsp3) is 0.286. The topological polar surface area (TPSA) is 15.8 Å². The molecule has 0 saturated heterocycles. The van der Waals surface area contributed by atoms with E-state index >= 15 is 0 Å². The Morgan fingerprint density at radius 3 is 2.53 bits per heavy atom. The second-order valence-electron chi connectivity index (χ2n) is 3.32. The molecular formula is C14H19N. The molecule has 0 saturated carbocycles. The van der Waals surface area contributed by atoms with Crippen LogP contribution in [0.15, 0.2) is 30.3 Å². The average Bonchev–Trinajstić information content (AvgIpc) is 2.63. The highest BCUT2D eigenvalue weighted by atomic mass is 14.7. The number of aromatic amines is 1. The van der Waals surface area contributed by atoms with Gasteiger partial charge in [0.25, 0.3) is 0 Å². The summed E-state index contributed by atoms with van der Waals surface area (Å²) in [6.07, 6.45) is 4.12. The van der Waals surface area contributed by atoms with Crippen molar-refractivity contribution in [2.75, 3.05) is 0 Å². The number of hydrogen-bond donors (Lipinski definition) is 1. The van der Waals surface area contributed by atoms with Crippen LogP contribution in [0.5, 0.6) is 0 Å². The zero-order valence-electron chi connectivity index (χ0n) is 9.96. The Morgan fingerprint density at radius 1 is 1.13 bits per heavy atom. The molecule has 0 aliphatic carbocycles. The first-order chi connectivity index (χ1) is 7.29. The van der Waals surface area contributed by atoms with Gasteiger partial charge in [-0.3, -0.25) is 0 Å². The van der Waals surface area contributed by atoms with Crippen LogP contribution in [0.4, 0.5) is 0 Å². The van der Waals surface area contributed by atoms with Crippen LogP contribution in [-0.4, -0.2) is 4.98 Å². The van der Waals surface area contributed by atoms with Crippen molar-refractivity contribution in [2.24, 2.45) is 0 Å². The number of aryl methyl sites for hydroxylation is 1. The first-order valence-electron chi connectivity index (χ1n) is 5.51. The highest BCUT2D eigenvalue weighted by Gasteiger charge is 1.96. The number of allylic oxidation sites excluding steroid dienone is 1. The van der Waals surface area contributed by atoms with Gasteiger partial charge < -0.3 is 4.98 Å². The van der Waals surface area contributed by atoms with E-state index in [4.69, 9.17) is 0 Å². The zero-order chi connectivity index (χ0) is 11.3. The van der Waals surface area contributed by atoms with Crippen LogP contribution in [0.25, 0.3) is 17.0 Å². The minimum absolute atomic E-state index is 1.17. The first-order valence-corrected chi connectivity index (χ1v) is 5.51. The van der Waals surface area contributed by atoms with E-state index in [2.05, 4.69) is 42.2 Å². The number of H-pyrrole nitrogens is 1. The van der Waals surface area contributed by atoms with Crippen molar-refractivity contribution >= 4 is 17.0 Å². The van der Waals surface area contributed by atoms with Gasteiger partial charge in [0.05, 0.1) is 0 Å². The van der Waals surface area contributed by atoms with E-state index in [1.165, 1.54) is 22.2 Å². The molecule has 2 aromatic rings. The third-order valence-electron chi connectivity index (χ3n) is 2.14. The molecule has 0 aliphatic rings. The molecule has 1 aromatic carbocycles. The molecule has 15 heavy (non-hydrogen) atoms. The Labute approximate surface area is 91.8 Å². The fourth-order valence-corrected chi connectivity index (χ4v) is 1.54. The van der Waals surface area contributed by atoms with Gasteiger partial charge in [-0.2, -0.15) is 0 Å². The number of nitrogens with one attached hydrogen (secondary N) is 1. The van der Waals surface area contributed by atoms with Gasteiger partial charge in [-0.25, -0.2) is 0 Å². The van der Waals surface area contributed by atoms with Crippen molar-refractivity contribution < 1.29 is 0 Å². The molecule has 0 fully saturated rings. The zero-order valence-corrected chi connectivity index (χ0v) is 9.96. The maximum Gasteiger partial charge on any atom is 0.0458 e. The molecule has 0 radical (unpaired) electrons. The van der Waals surface area contributed by atoms with Crippen molar-refractivity contribution in [1.29, 1.82) is 0 Å². The van der Waals surface area contributed by atoms with Crippen molar-refractivity contribution in [3.8, 4) is 0 Å². The highest BCUT2D eigenvalue weighted by Crippen LogP contribution is 2.17. The van der Waals surface area contributed by atoms with Crippen LogP contribution in [-0.2, 0) is 0 Å². The van der Waals surface area contributed by atoms with Crippen LogP contribution in [0.2, 0.25) is 0 Å². The Bertz CT molecular complexity index is 449. The predicted octanol–water partition coefficient (Wildman–Crippen LogP) is 4.54. The number of hydrogen-bond acceptors (Lipinski definition) is 0. The van der Waals surface area contributed by atoms with Gasteiger partial charge in [0, 0.05) is 16.6 Å². The lowest BCUT2D eigenvalue weighted by Crippen LogP contribution is -1.70. The van der Waals surface area contributed by atoms with Gasteiger partial charge in [-0.05, 0) is 38.1 Å². The van der Waals surface area contributed by atoms with Gasteiger partial charge >= 0.3 is 0 Å². The summed E-state index contributed by atoms with van der Waals surface area (Å²) in [5, 5.41) is 1.29. The largest absolute Gasteiger partial charge is 0.355 e. The second-order valence-corrected chi connectivity index (χ2v) is 3.32. The summed E-state index contributed by atoms with van der Waals surface area (Å²) < 4.78 is 0. The van der Waals surface area contributed by atoms with Crippen LogP contribution in [0, 0.1) is 6.92 Å². The van der Waals surface area contributed by atoms with Crippen LogP contribution in [0.3, 0.4) is 0 Å². The molecule has 0 unspecified atom stereocenters. The molecule has 80 valence electrons. The van der Waals surface area contributed by atoms with Gasteiger partial charge in [0.2, 0.25) is 0 Å². The maximum absolute atomic E-state index is 3.34. The van der Waals surface area contributed by atoms with E-state index in [1.54, 1.807) is 0 Å². The molecule has 1 nitrogen and oxygen atoms in total. The summed E-state index contributed by atoms with van der Waals surface area (Å²) in [6.45, 7) is 8.14. The van der Waals surface area contributed by atoms with E-state index in [0.717, 1.165) is 0 Å². The minimum atomic E-state index is 1.17. The quantitative estimate of drug-likeness (QED) is 0.697. The van der Waals surface area contributed by atoms with Gasteiger partial charge in [0.15, 0.2) is 0 Å². The maximum atomic E-state index is 3.34. The summed E-state index contributed by atoms with van der Waals surface area (Å²) >= 11 is 0. The lowest BCUT2D eigenvalue weighted by Gasteiger charge is -1.90. The third kappa shape index (κ3) is 2.72. The van der Waals surface area contributed by atoms with Crippen molar-refractivity contribution in [3.63, 3.8) is 0 Å². The summed E-state index contributed by atoms with van der Waals surface area (Å²) in [5.41, 5.74) is 3.68. The lowest BCUT2D eigenvalue weighted by molar-refractivity contribution is 1.42. The Morgan fingerprint density at radius 2 is 1.87 bits per heavy atom. The number of fused-ring (bicyclic) bond motifs is 1. The third-order valence-corrected chi connectivity index (χ3v) is 2.14. The molecule has 2 rings (SSSR count). The number of benzene rings is 1. The molecule has 0 spiro atoms. The molecule has 0 amide bonds. The molecule has 1 aromatic heterocycles. The van der Waals surface area contributed by atoms with Gasteiger partial charge in [-0.15, -0.1) is 0 Å². The van der Waals surface area contributed by atoms with Gasteiger partial charge in [-0.1, -0.05) is 31.6 Å². The molecule has 1 heterocycles. The van der Waals surface area contributed by atoms with Crippen molar-refractivity contribution in [3.05, 3.63) is 41.6 Å². The summed E-state index contributed by atoms with van der Waals surface area (Å²) in [6, 6.07) is 8.61. The molecule has 0 bridgehead atoms. The molecule has 0 atom stereocenters. The normalized spacial score (nSPS) is 10.4. The highest BCUT2D eigenvalue weighted by molar-refractivity contribution is 5.83. The van der Waals surface area contributed by atoms with Crippen molar-refractivity contribution in [1.82, 2.24) is 4.98 Å². The summed E-state index contributed by atoms with van der Waals surface area (Å²) in [7, 11) is 0. The molecule has 0 aliphatic heterocycles. The average molecular weight is 201 g/mol. The Hall–Kier alpha value is -1.50.